The summed E-state index contributed by atoms with van der Waals surface area (Å²) in [5.74, 6) is -7.06. The number of benzene rings is 2. The zero-order chi connectivity index (χ0) is 53.6. The van der Waals surface area contributed by atoms with Gasteiger partial charge in [0.2, 0.25) is 53.2 Å². The lowest BCUT2D eigenvalue weighted by Gasteiger charge is -2.28. The monoisotopic (exact) mass is 1020 g/mol. The van der Waals surface area contributed by atoms with Gasteiger partial charge in [-0.15, -0.1) is 0 Å². The van der Waals surface area contributed by atoms with Crippen LogP contribution in [0.25, 0.3) is 10.9 Å². The molecule has 0 spiro atoms. The third-order valence-corrected chi connectivity index (χ3v) is 12.3. The number of hydrogen-bond donors (Lipinski definition) is 13. The summed E-state index contributed by atoms with van der Waals surface area (Å²) in [4.78, 5) is 139. The topological polar surface area (TPSA) is 385 Å². The summed E-state index contributed by atoms with van der Waals surface area (Å²) in [7, 11) is 0. The Hall–Kier alpha value is -8.31. The number of carbonyl (C=O) groups is 9. The van der Waals surface area contributed by atoms with Gasteiger partial charge in [0.1, 0.15) is 42.3 Å². The molecule has 0 bridgehead atoms. The number of nitrogens with zero attached hydrogens (tertiary/aromatic N) is 2. The van der Waals surface area contributed by atoms with Gasteiger partial charge in [0.05, 0.1) is 12.7 Å². The molecule has 5 rings (SSSR count). The van der Waals surface area contributed by atoms with Crippen molar-refractivity contribution >= 4 is 70.0 Å². The van der Waals surface area contributed by atoms with Crippen LogP contribution in [0.15, 0.2) is 78.3 Å². The Kier molecular flexibility index (Phi) is 21.9. The van der Waals surface area contributed by atoms with E-state index in [-0.39, 0.29) is 76.8 Å². The van der Waals surface area contributed by atoms with Gasteiger partial charge in [0.25, 0.3) is 0 Å². The minimum absolute atomic E-state index is 0.0154. The number of primary amides is 1. The molecule has 16 N–H and O–H groups in total. The highest BCUT2D eigenvalue weighted by atomic mass is 16.2. The maximum absolute atomic E-state index is 14.6. The summed E-state index contributed by atoms with van der Waals surface area (Å²) in [5, 5.41) is 22.4. The molecule has 24 nitrogen and oxygen atoms in total. The molecule has 0 radical (unpaired) electrons. The van der Waals surface area contributed by atoms with Crippen molar-refractivity contribution in [1.29, 1.82) is 0 Å². The van der Waals surface area contributed by atoms with Crippen LogP contribution in [0.2, 0.25) is 0 Å². The number of carbonyl (C=O) groups excluding carboxylic acids is 9. The fourth-order valence-corrected chi connectivity index (χ4v) is 8.40. The molecule has 1 fully saturated rings. The standard InChI is InChI=1S/C50H69N15O9/c1-3-4-16-37-45(70)63-39(23-31-26-57-34-17-9-8-15-33(31)34)47(72)60-35(43(51)68)18-10-11-20-55-42(67)25-41(65-44(69)36(59-29(2)66)19-12-21-56-50(52)53)49(74)64-40(24-32-27-54-28-58-32)48(73)62-38(46(71)61-37)22-30-13-6-5-7-14-30/h5-9,13-15,17,26-28,35-41,57H,3-4,10-12,16,18-25H2,1-2H3,(H2,51,68)(H,54,58)(H,55,67)(H,59,66)(H,60,72)(H,61,71)(H,62,73)(H,63,70)(H,64,74)(H,65,69)(H4,52,53,56)/t35-,36-,37?,38+,39-,40-,41-/m0/s1. The maximum atomic E-state index is 14.6. The van der Waals surface area contributed by atoms with Crippen molar-refractivity contribution in [1.82, 2.24) is 57.5 Å². The van der Waals surface area contributed by atoms with Gasteiger partial charge in [-0.25, -0.2) is 4.98 Å². The van der Waals surface area contributed by atoms with Crippen LogP contribution in [0.5, 0.6) is 0 Å². The summed E-state index contributed by atoms with van der Waals surface area (Å²) >= 11 is 0. The largest absolute Gasteiger partial charge is 0.370 e. The van der Waals surface area contributed by atoms with E-state index in [4.69, 9.17) is 17.2 Å². The summed E-state index contributed by atoms with van der Waals surface area (Å²) in [5.41, 5.74) is 19.2. The molecule has 398 valence electrons. The van der Waals surface area contributed by atoms with E-state index in [1.807, 2.05) is 31.2 Å². The number of unbranched alkanes of at least 4 members (excludes halogenated alkanes) is 1. The number of aliphatic imine (C=N–C) groups is 1. The van der Waals surface area contributed by atoms with E-state index in [1.54, 1.807) is 36.5 Å². The average Bonchev–Trinajstić information content (AvgIpc) is 4.04. The van der Waals surface area contributed by atoms with Crippen molar-refractivity contribution in [3.05, 3.63) is 90.1 Å². The number of imidazole rings is 1. The lowest BCUT2D eigenvalue weighted by molar-refractivity contribution is -0.136. The second kappa shape index (κ2) is 28.7. The highest BCUT2D eigenvalue weighted by Gasteiger charge is 2.35. The Bertz CT molecular complexity index is 2580. The van der Waals surface area contributed by atoms with Crippen molar-refractivity contribution < 1.29 is 43.2 Å². The van der Waals surface area contributed by atoms with Crippen molar-refractivity contribution in [2.75, 3.05) is 13.1 Å². The highest BCUT2D eigenvalue weighted by Crippen LogP contribution is 2.20. The highest BCUT2D eigenvalue weighted by molar-refractivity contribution is 5.99. The van der Waals surface area contributed by atoms with Crippen molar-refractivity contribution in [2.45, 2.75) is 133 Å². The van der Waals surface area contributed by atoms with Crippen molar-refractivity contribution in [2.24, 2.45) is 22.2 Å². The van der Waals surface area contributed by atoms with E-state index >= 15 is 0 Å². The molecule has 0 aliphatic carbocycles. The first-order valence-electron chi connectivity index (χ1n) is 24.8. The number of nitrogens with one attached hydrogen (secondary N) is 10. The van der Waals surface area contributed by atoms with Crippen molar-refractivity contribution in [3.63, 3.8) is 0 Å². The van der Waals surface area contributed by atoms with E-state index in [0.29, 0.717) is 29.7 Å². The predicted octanol–water partition coefficient (Wildman–Crippen LogP) is -1.25. The third kappa shape index (κ3) is 18.1. The fourth-order valence-electron chi connectivity index (χ4n) is 8.40. The van der Waals surface area contributed by atoms with E-state index in [0.717, 1.165) is 10.9 Å². The van der Waals surface area contributed by atoms with Crippen LogP contribution in [0, 0.1) is 0 Å². The van der Waals surface area contributed by atoms with Gasteiger partial charge in [0, 0.05) is 68.3 Å². The van der Waals surface area contributed by atoms with Crippen LogP contribution in [0.4, 0.5) is 0 Å². The van der Waals surface area contributed by atoms with E-state index in [9.17, 15) is 43.2 Å². The summed E-state index contributed by atoms with van der Waals surface area (Å²) < 4.78 is 0. The molecule has 74 heavy (non-hydrogen) atoms. The predicted molar refractivity (Wildman–Crippen MR) is 274 cm³/mol. The quantitative estimate of drug-likeness (QED) is 0.0335. The summed E-state index contributed by atoms with van der Waals surface area (Å²) in [6.45, 7) is 3.26. The molecule has 4 aromatic rings. The molecule has 9 amide bonds. The molecule has 24 heteroatoms. The molecular formula is C50H69N15O9. The summed E-state index contributed by atoms with van der Waals surface area (Å²) in [6, 6.07) is 6.88. The van der Waals surface area contributed by atoms with Gasteiger partial charge in [-0.3, -0.25) is 48.1 Å². The molecule has 2 aromatic heterocycles. The van der Waals surface area contributed by atoms with Crippen molar-refractivity contribution in [3.8, 4) is 0 Å². The van der Waals surface area contributed by atoms with Crippen LogP contribution in [0.1, 0.15) is 88.5 Å². The van der Waals surface area contributed by atoms with Crippen LogP contribution >= 0.6 is 0 Å². The first kappa shape index (κ1) is 56.6. The van der Waals surface area contributed by atoms with Gasteiger partial charge >= 0.3 is 0 Å². The fraction of sp³-hybridized carbons (Fsp3) is 0.460. The Morgan fingerprint density at radius 1 is 0.757 bits per heavy atom. The maximum Gasteiger partial charge on any atom is 0.243 e. The number of hydrogen-bond acceptors (Lipinski definition) is 11. The smallest absolute Gasteiger partial charge is 0.243 e. The zero-order valence-corrected chi connectivity index (χ0v) is 41.7. The number of aromatic amines is 2. The molecular weight excluding hydrogens is 955 g/mol. The molecule has 1 aliphatic heterocycles. The van der Waals surface area contributed by atoms with Gasteiger partial charge in [0.15, 0.2) is 5.96 Å². The Labute approximate surface area is 428 Å². The van der Waals surface area contributed by atoms with E-state index < -0.39 is 102 Å². The SMILES string of the molecule is CCCCC1NC(=O)[C@@H](Cc2ccccc2)NC(=O)[C@H](Cc2cnc[nH]2)NC(=O)[C@@H](NC(=O)[C@H](CCCN=C(N)N)NC(C)=O)CC(=O)NCCCC[C@@H](C(N)=O)NC(=O)[C@H](Cc2c[nH]c3ccccc23)NC1=O. The molecule has 7 atom stereocenters. The van der Waals surface area contributed by atoms with Gasteiger partial charge in [-0.1, -0.05) is 68.3 Å². The normalized spacial score (nSPS) is 21.3. The summed E-state index contributed by atoms with van der Waals surface area (Å²) in [6.07, 6.45) is 5.74. The Morgan fingerprint density at radius 2 is 1.41 bits per heavy atom. The van der Waals surface area contributed by atoms with Gasteiger partial charge in [-0.05, 0) is 55.7 Å². The van der Waals surface area contributed by atoms with Crippen LogP contribution in [-0.2, 0) is 62.4 Å². The minimum Gasteiger partial charge on any atom is -0.370 e. The number of fused-ring (bicyclic) bond motifs is 1. The molecule has 1 saturated heterocycles. The minimum atomic E-state index is -1.62. The molecule has 0 saturated carbocycles. The third-order valence-electron chi connectivity index (χ3n) is 12.3. The Balaban J connectivity index is 1.52. The van der Waals surface area contributed by atoms with Gasteiger partial charge < -0.3 is 69.7 Å². The van der Waals surface area contributed by atoms with Crippen LogP contribution in [0.3, 0.4) is 0 Å². The second-order valence-corrected chi connectivity index (χ2v) is 18.2. The first-order chi connectivity index (χ1) is 35.5. The molecule has 1 aliphatic rings. The number of rotatable bonds is 17. The van der Waals surface area contributed by atoms with E-state index in [2.05, 4.69) is 62.5 Å². The zero-order valence-electron chi connectivity index (χ0n) is 41.7. The molecule has 3 heterocycles. The Morgan fingerprint density at radius 3 is 2.08 bits per heavy atom. The number of amides is 9. The number of para-hydroxylation sites is 1. The number of guanidine groups is 1. The van der Waals surface area contributed by atoms with Crippen LogP contribution < -0.4 is 59.7 Å². The second-order valence-electron chi connectivity index (χ2n) is 18.2. The van der Waals surface area contributed by atoms with Crippen LogP contribution in [-0.4, -0.2) is 129 Å². The molecule has 2 aromatic carbocycles. The number of aromatic nitrogens is 3. The number of H-pyrrole nitrogens is 2. The lowest BCUT2D eigenvalue weighted by Crippen LogP contribution is -2.61. The lowest BCUT2D eigenvalue weighted by atomic mass is 10.0. The van der Waals surface area contributed by atoms with E-state index in [1.165, 1.54) is 19.4 Å². The number of nitrogens with two attached hydrogens (primary N) is 3. The average molecular weight is 1020 g/mol. The molecule has 1 unspecified atom stereocenters. The first-order valence-corrected chi connectivity index (χ1v) is 24.8. The van der Waals surface area contributed by atoms with Gasteiger partial charge in [-0.2, -0.15) is 0 Å².